The van der Waals surface area contributed by atoms with E-state index in [2.05, 4.69) is 10.2 Å². The second-order valence-corrected chi connectivity index (χ2v) is 6.45. The first-order valence-electron chi connectivity index (χ1n) is 8.56. The zero-order valence-corrected chi connectivity index (χ0v) is 14.4. The predicted octanol–water partition coefficient (Wildman–Crippen LogP) is 2.05. The van der Waals surface area contributed by atoms with Crippen molar-refractivity contribution in [2.45, 2.75) is 38.7 Å². The summed E-state index contributed by atoms with van der Waals surface area (Å²) in [7, 11) is 0. The molecule has 1 aromatic rings. The van der Waals surface area contributed by atoms with E-state index in [0.717, 1.165) is 26.2 Å². The summed E-state index contributed by atoms with van der Waals surface area (Å²) in [4.78, 5) is 53.8. The quantitative estimate of drug-likeness (QED) is 0.382. The van der Waals surface area contributed by atoms with Crippen molar-refractivity contribution in [3.8, 4) is 0 Å². The van der Waals surface area contributed by atoms with Crippen LogP contribution >= 0.6 is 0 Å². The molecular weight excluding hydrogens is 340 g/mol. The van der Waals surface area contributed by atoms with E-state index in [1.165, 1.54) is 4.90 Å². The third-order valence-electron chi connectivity index (χ3n) is 4.66. The summed E-state index contributed by atoms with van der Waals surface area (Å²) >= 11 is 0. The third kappa shape index (κ3) is 3.75. The smallest absolute Gasteiger partial charge is 0.375 e. The molecule has 1 heterocycles. The topological polar surface area (TPSA) is 102 Å². The van der Waals surface area contributed by atoms with Gasteiger partial charge in [0.25, 0.3) is 11.8 Å². The normalized spacial score (nSPS) is 22.1. The van der Waals surface area contributed by atoms with Crippen molar-refractivity contribution in [2.75, 3.05) is 6.54 Å². The Balaban J connectivity index is 1.64. The van der Waals surface area contributed by atoms with Gasteiger partial charge in [0.05, 0.1) is 17.2 Å². The highest BCUT2D eigenvalue weighted by Gasteiger charge is 2.39. The molecule has 1 saturated carbocycles. The van der Waals surface area contributed by atoms with Crippen LogP contribution in [-0.2, 0) is 14.4 Å². The Morgan fingerprint density at radius 3 is 2.35 bits per heavy atom. The summed E-state index contributed by atoms with van der Waals surface area (Å²) in [5, 5.41) is 0. The number of rotatable bonds is 4. The minimum absolute atomic E-state index is 0.108. The van der Waals surface area contributed by atoms with Gasteiger partial charge < -0.3 is 4.74 Å². The third-order valence-corrected chi connectivity index (χ3v) is 4.66. The maximum absolute atomic E-state index is 12.5. The van der Waals surface area contributed by atoms with Gasteiger partial charge in [-0.1, -0.05) is 25.0 Å². The molecule has 0 spiro atoms. The molecule has 0 bridgehead atoms. The number of fused-ring (bicyclic) bond motifs is 1. The molecule has 2 aliphatic rings. The summed E-state index contributed by atoms with van der Waals surface area (Å²) in [6, 6.07) is 6.74. The Hall–Kier alpha value is -2.74. The van der Waals surface area contributed by atoms with Crippen molar-refractivity contribution in [3.05, 3.63) is 35.4 Å². The van der Waals surface area contributed by atoms with Crippen molar-refractivity contribution in [1.29, 1.82) is 0 Å². The molecule has 1 aliphatic heterocycles. The average Bonchev–Trinajstić information content (AvgIpc) is 2.86. The monoisotopic (exact) mass is 360 g/mol. The van der Waals surface area contributed by atoms with Gasteiger partial charge in [0.1, 0.15) is 0 Å². The van der Waals surface area contributed by atoms with Gasteiger partial charge in [-0.05, 0) is 25.0 Å². The number of nitrogens with one attached hydrogen (secondary N) is 1. The molecule has 2 atom stereocenters. The lowest BCUT2D eigenvalue weighted by atomic mass is 9.86. The van der Waals surface area contributed by atoms with Gasteiger partial charge in [0.2, 0.25) is 0 Å². The Bertz CT molecular complexity index is 712. The van der Waals surface area contributed by atoms with E-state index in [0.29, 0.717) is 17.5 Å². The van der Waals surface area contributed by atoms with Crippen molar-refractivity contribution >= 4 is 23.9 Å². The molecule has 0 aromatic heterocycles. The number of amides is 3. The van der Waals surface area contributed by atoms with Crippen LogP contribution in [0.5, 0.6) is 0 Å². The van der Waals surface area contributed by atoms with Gasteiger partial charge in [0.15, 0.2) is 0 Å². The van der Waals surface area contributed by atoms with E-state index in [9.17, 15) is 19.2 Å². The molecular formula is C18H20N2O6. The van der Waals surface area contributed by atoms with Crippen LogP contribution in [0.4, 0.5) is 4.79 Å². The molecule has 1 aromatic carbocycles. The maximum atomic E-state index is 12.5. The van der Waals surface area contributed by atoms with Crippen molar-refractivity contribution in [1.82, 2.24) is 10.4 Å². The second kappa shape index (κ2) is 7.65. The van der Waals surface area contributed by atoms with Crippen LogP contribution in [0, 0.1) is 5.92 Å². The van der Waals surface area contributed by atoms with Crippen LogP contribution in [0.1, 0.15) is 53.3 Å². The zero-order valence-electron chi connectivity index (χ0n) is 14.4. The molecule has 2 unspecified atom stereocenters. The molecule has 1 aliphatic carbocycles. The van der Waals surface area contributed by atoms with E-state index < -0.39 is 12.1 Å². The largest absolute Gasteiger partial charge is 0.439 e. The van der Waals surface area contributed by atoms with Crippen molar-refractivity contribution < 1.29 is 28.8 Å². The van der Waals surface area contributed by atoms with Gasteiger partial charge in [-0.2, -0.15) is 5.48 Å². The lowest BCUT2D eigenvalue weighted by Gasteiger charge is -2.32. The van der Waals surface area contributed by atoms with Gasteiger partial charge in [0, 0.05) is 19.4 Å². The second-order valence-electron chi connectivity index (χ2n) is 6.45. The molecule has 3 amide bonds. The van der Waals surface area contributed by atoms with Gasteiger partial charge in [-0.25, -0.2) is 4.79 Å². The molecule has 26 heavy (non-hydrogen) atoms. The molecule has 8 nitrogen and oxygen atoms in total. The number of imide groups is 1. The number of ether oxygens (including phenoxy) is 1. The minimum atomic E-state index is -0.984. The van der Waals surface area contributed by atoms with Crippen molar-refractivity contribution in [2.24, 2.45) is 5.92 Å². The SMILES string of the molecule is CC(=O)OC(=O)NOC1CCCCC1CN1C(=O)c2ccccc2C1=O. The average molecular weight is 360 g/mol. The highest BCUT2D eigenvalue weighted by molar-refractivity contribution is 6.21. The number of hydroxylamine groups is 1. The molecule has 1 fully saturated rings. The molecule has 8 heteroatoms. The number of benzene rings is 1. The minimum Gasteiger partial charge on any atom is -0.375 e. The fourth-order valence-electron chi connectivity index (χ4n) is 3.45. The summed E-state index contributed by atoms with van der Waals surface area (Å²) in [5.41, 5.74) is 2.93. The predicted molar refractivity (Wildman–Crippen MR) is 88.9 cm³/mol. The number of esters is 1. The van der Waals surface area contributed by atoms with Gasteiger partial charge in [-0.15, -0.1) is 0 Å². The number of carbonyl (C=O) groups is 4. The van der Waals surface area contributed by atoms with E-state index in [-0.39, 0.29) is 30.4 Å². The summed E-state index contributed by atoms with van der Waals surface area (Å²) < 4.78 is 4.35. The lowest BCUT2D eigenvalue weighted by Crippen LogP contribution is -2.43. The highest BCUT2D eigenvalue weighted by atomic mass is 16.7. The van der Waals surface area contributed by atoms with Crippen LogP contribution < -0.4 is 5.48 Å². The number of hydrogen-bond acceptors (Lipinski definition) is 6. The number of hydrogen-bond donors (Lipinski definition) is 1. The van der Waals surface area contributed by atoms with E-state index in [1.807, 2.05) is 0 Å². The first kappa shape index (κ1) is 18.1. The standard InChI is InChI=1S/C18H20N2O6/c1-11(21)25-18(24)19-26-15-9-5-2-6-12(15)10-20-16(22)13-7-3-4-8-14(13)17(20)23/h3-4,7-8,12,15H,2,5-6,9-10H2,1H3,(H,19,24). The molecule has 138 valence electrons. The van der Waals surface area contributed by atoms with Crippen molar-refractivity contribution in [3.63, 3.8) is 0 Å². The first-order chi connectivity index (χ1) is 12.5. The highest BCUT2D eigenvalue weighted by Crippen LogP contribution is 2.30. The Morgan fingerprint density at radius 1 is 1.12 bits per heavy atom. The maximum Gasteiger partial charge on any atom is 0.439 e. The van der Waals surface area contributed by atoms with E-state index in [4.69, 9.17) is 4.84 Å². The Labute approximate surface area is 150 Å². The van der Waals surface area contributed by atoms with Crippen LogP contribution in [0.2, 0.25) is 0 Å². The molecule has 0 radical (unpaired) electrons. The summed E-state index contributed by atoms with van der Waals surface area (Å²) in [5.74, 6) is -1.46. The summed E-state index contributed by atoms with van der Waals surface area (Å²) in [6.45, 7) is 1.34. The molecule has 1 N–H and O–H groups in total. The Morgan fingerprint density at radius 2 is 1.73 bits per heavy atom. The lowest BCUT2D eigenvalue weighted by molar-refractivity contribution is -0.137. The van der Waals surface area contributed by atoms with Crippen LogP contribution in [0.3, 0.4) is 0 Å². The zero-order chi connectivity index (χ0) is 18.7. The van der Waals surface area contributed by atoms with Gasteiger partial charge in [-0.3, -0.25) is 24.1 Å². The number of carbonyl (C=O) groups excluding carboxylic acids is 4. The molecule has 0 saturated heterocycles. The van der Waals surface area contributed by atoms with E-state index in [1.54, 1.807) is 24.3 Å². The van der Waals surface area contributed by atoms with Crippen LogP contribution in [-0.4, -0.2) is 41.4 Å². The van der Waals surface area contributed by atoms with Crippen LogP contribution in [0.15, 0.2) is 24.3 Å². The first-order valence-corrected chi connectivity index (χ1v) is 8.56. The van der Waals surface area contributed by atoms with E-state index >= 15 is 0 Å². The number of nitrogens with zero attached hydrogens (tertiary/aromatic N) is 1. The molecule has 3 rings (SSSR count). The summed E-state index contributed by atoms with van der Waals surface area (Å²) in [6.07, 6.45) is 1.95. The van der Waals surface area contributed by atoms with Crippen LogP contribution in [0.25, 0.3) is 0 Å². The fraction of sp³-hybridized carbons (Fsp3) is 0.444. The Kier molecular flexibility index (Phi) is 5.32. The van der Waals surface area contributed by atoms with Gasteiger partial charge >= 0.3 is 12.1 Å². The fourth-order valence-corrected chi connectivity index (χ4v) is 3.45.